The maximum absolute atomic E-state index is 12.0. The van der Waals surface area contributed by atoms with E-state index in [-0.39, 0.29) is 11.1 Å². The van der Waals surface area contributed by atoms with Crippen molar-refractivity contribution in [2.45, 2.75) is 6.92 Å². The van der Waals surface area contributed by atoms with E-state index >= 15 is 0 Å². The molecule has 0 amide bonds. The van der Waals surface area contributed by atoms with Gasteiger partial charge in [-0.3, -0.25) is 0 Å². The second-order valence-electron chi connectivity index (χ2n) is 4.61. The zero-order chi connectivity index (χ0) is 21.3. The maximum Gasteiger partial charge on any atom is 0.352 e. The lowest BCUT2D eigenvalue weighted by Gasteiger charge is -2.03. The lowest BCUT2D eigenvalue weighted by Crippen LogP contribution is -2.07. The van der Waals surface area contributed by atoms with E-state index in [9.17, 15) is 9.59 Å². The van der Waals surface area contributed by atoms with Crippen molar-refractivity contribution >= 4 is 11.9 Å². The SMILES string of the molecule is C#CC#CC#CC#COC(=O)c1cc(C)cc(C(=O)OC#CC#CC#CC#C)c1. The van der Waals surface area contributed by atoms with Crippen LogP contribution in [-0.4, -0.2) is 11.9 Å². The quantitative estimate of drug-likeness (QED) is 0.583. The molecule has 0 spiro atoms. The van der Waals surface area contributed by atoms with E-state index in [2.05, 4.69) is 83.3 Å². The van der Waals surface area contributed by atoms with E-state index in [1.807, 2.05) is 0 Å². The van der Waals surface area contributed by atoms with Crippen LogP contribution in [0.5, 0.6) is 0 Å². The number of benzene rings is 1. The van der Waals surface area contributed by atoms with E-state index in [1.54, 1.807) is 6.92 Å². The van der Waals surface area contributed by atoms with Crippen LogP contribution in [-0.2, 0) is 9.47 Å². The first kappa shape index (κ1) is 21.7. The molecule has 4 heteroatoms. The summed E-state index contributed by atoms with van der Waals surface area (Å²) in [6.07, 6.45) is 14.1. The lowest BCUT2D eigenvalue weighted by molar-refractivity contribution is 0.0690. The first-order valence-corrected chi connectivity index (χ1v) is 7.53. The first-order valence-electron chi connectivity index (χ1n) is 7.53. The van der Waals surface area contributed by atoms with E-state index in [0.717, 1.165) is 0 Å². The third kappa shape index (κ3) is 9.05. The van der Waals surface area contributed by atoms with Crippen LogP contribution in [0.25, 0.3) is 0 Å². The second-order valence-corrected chi connectivity index (χ2v) is 4.61. The average Bonchev–Trinajstić information content (AvgIpc) is 2.71. The van der Waals surface area contributed by atoms with Gasteiger partial charge in [0.25, 0.3) is 0 Å². The first-order chi connectivity index (χ1) is 14.1. The van der Waals surface area contributed by atoms with Crippen molar-refractivity contribution in [2.75, 3.05) is 0 Å². The molecule has 0 heterocycles. The standard InChI is InChI=1S/C25H8O4/c1-4-6-8-10-12-14-16-28-24(26)22-18-21(3)19-23(20-22)25(27)29-17-15-13-11-9-7-5-2/h1-2,18-20H,3H3. The molecule has 132 valence electrons. The highest BCUT2D eigenvalue weighted by molar-refractivity contribution is 5.96. The van der Waals surface area contributed by atoms with Gasteiger partial charge in [0, 0.05) is 35.5 Å². The monoisotopic (exact) mass is 372 g/mol. The van der Waals surface area contributed by atoms with Crippen LogP contribution < -0.4 is 0 Å². The third-order valence-corrected chi connectivity index (χ3v) is 2.58. The van der Waals surface area contributed by atoms with Crippen molar-refractivity contribution < 1.29 is 19.1 Å². The Balaban J connectivity index is 2.84. The molecule has 0 N–H and O–H groups in total. The molecule has 0 aliphatic heterocycles. The van der Waals surface area contributed by atoms with Crippen molar-refractivity contribution in [3.8, 4) is 96.1 Å². The van der Waals surface area contributed by atoms with E-state index < -0.39 is 11.9 Å². The molecule has 0 bridgehead atoms. The summed E-state index contributed by atoms with van der Waals surface area (Å²) in [4.78, 5) is 24.1. The Bertz CT molecular complexity index is 1190. The van der Waals surface area contributed by atoms with Crippen LogP contribution in [0.3, 0.4) is 0 Å². The fourth-order valence-corrected chi connectivity index (χ4v) is 1.59. The van der Waals surface area contributed by atoms with Gasteiger partial charge in [0.15, 0.2) is 0 Å². The molecule has 0 aliphatic carbocycles. The van der Waals surface area contributed by atoms with Crippen LogP contribution in [0.4, 0.5) is 0 Å². The summed E-state index contributed by atoms with van der Waals surface area (Å²) in [6.45, 7) is 1.69. The van der Waals surface area contributed by atoms with Crippen molar-refractivity contribution in [1.82, 2.24) is 0 Å². The Morgan fingerprint density at radius 1 is 0.655 bits per heavy atom. The van der Waals surface area contributed by atoms with Gasteiger partial charge < -0.3 is 9.47 Å². The number of rotatable bonds is 2. The van der Waals surface area contributed by atoms with Crippen molar-refractivity contribution in [3.63, 3.8) is 0 Å². The van der Waals surface area contributed by atoms with Crippen LogP contribution >= 0.6 is 0 Å². The number of carbonyl (C=O) groups excluding carboxylic acids is 2. The van der Waals surface area contributed by atoms with Gasteiger partial charge in [0.2, 0.25) is 0 Å². The molecule has 29 heavy (non-hydrogen) atoms. The lowest BCUT2D eigenvalue weighted by atomic mass is 10.1. The van der Waals surface area contributed by atoms with Crippen LogP contribution in [0.2, 0.25) is 0 Å². The molecule has 4 nitrogen and oxygen atoms in total. The minimum Gasteiger partial charge on any atom is -0.367 e. The number of hydrogen-bond donors (Lipinski definition) is 0. The fourth-order valence-electron chi connectivity index (χ4n) is 1.59. The summed E-state index contributed by atoms with van der Waals surface area (Å²) < 4.78 is 9.51. The molecular formula is C25H8O4. The Labute approximate surface area is 169 Å². The Morgan fingerprint density at radius 3 is 1.45 bits per heavy atom. The zero-order valence-corrected chi connectivity index (χ0v) is 15.0. The summed E-state index contributed by atoms with van der Waals surface area (Å²) in [7, 11) is 0. The molecule has 0 aromatic heterocycles. The van der Waals surface area contributed by atoms with Crippen molar-refractivity contribution in [3.05, 3.63) is 34.9 Å². The largest absolute Gasteiger partial charge is 0.367 e. The Morgan fingerprint density at radius 2 is 1.03 bits per heavy atom. The molecule has 0 radical (unpaired) electrons. The topological polar surface area (TPSA) is 52.6 Å². The van der Waals surface area contributed by atoms with Gasteiger partial charge >= 0.3 is 11.9 Å². The Kier molecular flexibility index (Phi) is 9.66. The number of hydrogen-bond acceptors (Lipinski definition) is 4. The summed E-state index contributed by atoms with van der Waals surface area (Å²) in [5.41, 5.74) is 0.827. The highest BCUT2D eigenvalue weighted by Crippen LogP contribution is 2.12. The van der Waals surface area contributed by atoms with Gasteiger partial charge in [-0.05, 0) is 66.2 Å². The molecule has 1 aromatic rings. The fraction of sp³-hybridized carbons (Fsp3) is 0.0400. The van der Waals surface area contributed by atoms with Gasteiger partial charge in [-0.15, -0.1) is 12.8 Å². The van der Waals surface area contributed by atoms with Gasteiger partial charge in [0.05, 0.1) is 11.1 Å². The summed E-state index contributed by atoms with van der Waals surface area (Å²) in [5.74, 6) is 25.8. The molecule has 1 aromatic carbocycles. The minimum atomic E-state index is -0.768. The van der Waals surface area contributed by atoms with Gasteiger partial charge in [-0.1, -0.05) is 0 Å². The van der Waals surface area contributed by atoms with E-state index in [0.29, 0.717) is 5.56 Å². The predicted octanol–water partition coefficient (Wildman–Crippen LogP) is 1.51. The zero-order valence-electron chi connectivity index (χ0n) is 15.0. The number of terminal acetylenes is 2. The highest BCUT2D eigenvalue weighted by Gasteiger charge is 2.13. The normalized spacial score (nSPS) is 6.72. The van der Waals surface area contributed by atoms with E-state index in [4.69, 9.17) is 22.3 Å². The highest BCUT2D eigenvalue weighted by atomic mass is 16.5. The molecule has 1 rings (SSSR count). The van der Waals surface area contributed by atoms with Gasteiger partial charge in [-0.2, -0.15) is 0 Å². The van der Waals surface area contributed by atoms with Gasteiger partial charge in [0.1, 0.15) is 12.2 Å². The van der Waals surface area contributed by atoms with Crippen molar-refractivity contribution in [1.29, 1.82) is 0 Å². The number of aryl methyl sites for hydroxylation is 1. The van der Waals surface area contributed by atoms with Crippen LogP contribution in [0, 0.1) is 103 Å². The molecule has 0 saturated carbocycles. The molecular weight excluding hydrogens is 364 g/mol. The minimum absolute atomic E-state index is 0.101. The molecule has 0 unspecified atom stereocenters. The molecule has 0 fully saturated rings. The number of esters is 2. The van der Waals surface area contributed by atoms with E-state index in [1.165, 1.54) is 18.2 Å². The van der Waals surface area contributed by atoms with Crippen LogP contribution in [0.15, 0.2) is 18.2 Å². The summed E-state index contributed by atoms with van der Waals surface area (Å²) >= 11 is 0. The summed E-state index contributed by atoms with van der Waals surface area (Å²) in [5, 5.41) is 0. The second kappa shape index (κ2) is 12.9. The molecule has 0 aliphatic rings. The average molecular weight is 372 g/mol. The number of carbonyl (C=O) groups is 2. The van der Waals surface area contributed by atoms with Crippen molar-refractivity contribution in [2.24, 2.45) is 0 Å². The summed E-state index contributed by atoms with van der Waals surface area (Å²) in [6, 6.07) is 4.33. The smallest absolute Gasteiger partial charge is 0.352 e. The molecule has 0 atom stereocenters. The van der Waals surface area contributed by atoms with Crippen LogP contribution in [0.1, 0.15) is 26.3 Å². The van der Waals surface area contributed by atoms with Gasteiger partial charge in [-0.25, -0.2) is 9.59 Å². The number of ether oxygens (including phenoxy) is 2. The predicted molar refractivity (Wildman–Crippen MR) is 106 cm³/mol. The maximum atomic E-state index is 12.0. The molecule has 0 saturated heterocycles. The Hall–Kier alpha value is -5.36. The third-order valence-electron chi connectivity index (χ3n) is 2.58.